The predicted molar refractivity (Wildman–Crippen MR) is 135 cm³/mol. The third-order valence-corrected chi connectivity index (χ3v) is 6.46. The fourth-order valence-electron chi connectivity index (χ4n) is 3.71. The smallest absolute Gasteiger partial charge is 0.322 e. The van der Waals surface area contributed by atoms with E-state index in [1.54, 1.807) is 47.6 Å². The van der Waals surface area contributed by atoms with Gasteiger partial charge in [0.2, 0.25) is 12.7 Å². The van der Waals surface area contributed by atoms with Gasteiger partial charge in [0.25, 0.3) is 0 Å². The second-order valence-corrected chi connectivity index (χ2v) is 9.43. The molecule has 3 aromatic rings. The molecule has 184 valence electrons. The van der Waals surface area contributed by atoms with Crippen LogP contribution in [-0.4, -0.2) is 48.2 Å². The molecule has 1 N–H and O–H groups in total. The number of thiophene rings is 1. The molecule has 0 saturated carbocycles. The van der Waals surface area contributed by atoms with Crippen molar-refractivity contribution in [2.45, 2.75) is 33.0 Å². The average Bonchev–Trinajstić information content (AvgIpc) is 3.53. The maximum atomic E-state index is 13.5. The van der Waals surface area contributed by atoms with Gasteiger partial charge in [-0.15, -0.1) is 11.3 Å². The Balaban J connectivity index is 1.49. The van der Waals surface area contributed by atoms with E-state index < -0.39 is 0 Å². The highest BCUT2D eigenvalue weighted by molar-refractivity contribution is 7.09. The van der Waals surface area contributed by atoms with Crippen molar-refractivity contribution < 1.29 is 23.8 Å². The van der Waals surface area contributed by atoms with Crippen molar-refractivity contribution in [3.63, 3.8) is 0 Å². The molecule has 8 nitrogen and oxygen atoms in total. The van der Waals surface area contributed by atoms with E-state index in [9.17, 15) is 9.59 Å². The Kier molecular flexibility index (Phi) is 7.77. The molecule has 9 heteroatoms. The van der Waals surface area contributed by atoms with Crippen molar-refractivity contribution in [3.05, 3.63) is 70.4 Å². The Labute approximate surface area is 209 Å². The fraction of sp³-hybridized carbons (Fsp3) is 0.308. The van der Waals surface area contributed by atoms with Crippen LogP contribution >= 0.6 is 11.3 Å². The molecule has 0 bridgehead atoms. The number of anilines is 1. The van der Waals surface area contributed by atoms with Gasteiger partial charge in [0, 0.05) is 29.2 Å². The maximum absolute atomic E-state index is 13.5. The van der Waals surface area contributed by atoms with Crippen LogP contribution in [0.5, 0.6) is 17.2 Å². The third kappa shape index (κ3) is 6.24. The standard InChI is InChI=1S/C26H29N3O5S/c1-18(2)29(26(31)27-20-6-4-7-21(13-20)32-3)16-25(30)28(15-22-8-5-11-35-22)14-19-9-10-23-24(12-19)34-17-33-23/h4-13,18H,14-17H2,1-3H3,(H,27,31). The van der Waals surface area contributed by atoms with E-state index >= 15 is 0 Å². The van der Waals surface area contributed by atoms with Gasteiger partial charge in [-0.3, -0.25) is 4.79 Å². The lowest BCUT2D eigenvalue weighted by molar-refractivity contribution is -0.133. The molecule has 0 radical (unpaired) electrons. The van der Waals surface area contributed by atoms with Crippen molar-refractivity contribution in [1.29, 1.82) is 0 Å². The summed E-state index contributed by atoms with van der Waals surface area (Å²) in [5.41, 5.74) is 1.53. The van der Waals surface area contributed by atoms with E-state index in [1.165, 1.54) is 4.90 Å². The molecule has 2 aromatic carbocycles. The van der Waals surface area contributed by atoms with Crippen LogP contribution in [0.2, 0.25) is 0 Å². The Hall–Kier alpha value is -3.72. The molecule has 1 aliphatic heterocycles. The molecule has 0 fully saturated rings. The van der Waals surface area contributed by atoms with E-state index in [1.807, 2.05) is 49.6 Å². The van der Waals surface area contributed by atoms with Gasteiger partial charge in [-0.2, -0.15) is 0 Å². The molecule has 1 aromatic heterocycles. The van der Waals surface area contributed by atoms with Gasteiger partial charge >= 0.3 is 6.03 Å². The number of ether oxygens (including phenoxy) is 3. The lowest BCUT2D eigenvalue weighted by Crippen LogP contribution is -2.47. The van der Waals surface area contributed by atoms with Gasteiger partial charge in [0.1, 0.15) is 12.3 Å². The summed E-state index contributed by atoms with van der Waals surface area (Å²) in [6, 6.07) is 16.2. The minimum atomic E-state index is -0.347. The molecular weight excluding hydrogens is 466 g/mol. The van der Waals surface area contributed by atoms with E-state index in [4.69, 9.17) is 14.2 Å². The van der Waals surface area contributed by atoms with Crippen molar-refractivity contribution in [1.82, 2.24) is 9.80 Å². The highest BCUT2D eigenvalue weighted by Gasteiger charge is 2.25. The number of carbonyl (C=O) groups excluding carboxylic acids is 2. The lowest BCUT2D eigenvalue weighted by atomic mass is 10.2. The SMILES string of the molecule is COc1cccc(NC(=O)N(CC(=O)N(Cc2ccc3c(c2)OCO3)Cc2cccs2)C(C)C)c1. The minimum Gasteiger partial charge on any atom is -0.497 e. The summed E-state index contributed by atoms with van der Waals surface area (Å²) in [6.45, 7) is 4.76. The minimum absolute atomic E-state index is 0.0522. The number of urea groups is 1. The second kappa shape index (κ2) is 11.1. The third-order valence-electron chi connectivity index (χ3n) is 5.60. The van der Waals surface area contributed by atoms with Crippen molar-refractivity contribution in [2.75, 3.05) is 25.8 Å². The zero-order valence-corrected chi connectivity index (χ0v) is 20.8. The monoisotopic (exact) mass is 495 g/mol. The van der Waals surface area contributed by atoms with E-state index in [0.717, 1.165) is 10.4 Å². The molecular formula is C26H29N3O5S. The van der Waals surface area contributed by atoms with Crippen molar-refractivity contribution >= 4 is 29.0 Å². The number of benzene rings is 2. The summed E-state index contributed by atoms with van der Waals surface area (Å²) < 4.78 is 16.1. The molecule has 35 heavy (non-hydrogen) atoms. The number of carbonyl (C=O) groups is 2. The molecule has 2 heterocycles. The first kappa shape index (κ1) is 24.4. The number of hydrogen-bond acceptors (Lipinski definition) is 6. The van der Waals surface area contributed by atoms with Gasteiger partial charge in [0.05, 0.1) is 13.7 Å². The van der Waals surface area contributed by atoms with Crippen LogP contribution in [0.3, 0.4) is 0 Å². The molecule has 0 aliphatic carbocycles. The summed E-state index contributed by atoms with van der Waals surface area (Å²) in [4.78, 5) is 31.0. The highest BCUT2D eigenvalue weighted by Crippen LogP contribution is 2.33. The van der Waals surface area contributed by atoms with E-state index in [-0.39, 0.29) is 31.3 Å². The largest absolute Gasteiger partial charge is 0.497 e. The Bertz CT molecular complexity index is 1170. The maximum Gasteiger partial charge on any atom is 0.322 e. The van der Waals surface area contributed by atoms with Crippen LogP contribution in [0.15, 0.2) is 60.0 Å². The van der Waals surface area contributed by atoms with Crippen molar-refractivity contribution in [3.8, 4) is 17.2 Å². The summed E-state index contributed by atoms with van der Waals surface area (Å²) in [6.07, 6.45) is 0. The molecule has 0 saturated heterocycles. The fourth-order valence-corrected chi connectivity index (χ4v) is 4.43. The molecule has 0 atom stereocenters. The van der Waals surface area contributed by atoms with Crippen LogP contribution < -0.4 is 19.5 Å². The number of hydrogen-bond donors (Lipinski definition) is 1. The molecule has 1 aliphatic rings. The lowest BCUT2D eigenvalue weighted by Gasteiger charge is -2.30. The number of nitrogens with one attached hydrogen (secondary N) is 1. The van der Waals surface area contributed by atoms with Crippen LogP contribution in [-0.2, 0) is 17.9 Å². The first-order valence-electron chi connectivity index (χ1n) is 11.3. The highest BCUT2D eigenvalue weighted by atomic mass is 32.1. The zero-order valence-electron chi connectivity index (χ0n) is 20.0. The van der Waals surface area contributed by atoms with Crippen LogP contribution in [0.25, 0.3) is 0 Å². The summed E-state index contributed by atoms with van der Waals surface area (Å²) in [7, 11) is 1.57. The van der Waals surface area contributed by atoms with E-state index in [2.05, 4.69) is 5.32 Å². The van der Waals surface area contributed by atoms with Gasteiger partial charge in [-0.1, -0.05) is 18.2 Å². The Morgan fingerprint density at radius 3 is 2.63 bits per heavy atom. The first-order valence-corrected chi connectivity index (χ1v) is 12.2. The summed E-state index contributed by atoms with van der Waals surface area (Å²) >= 11 is 1.59. The average molecular weight is 496 g/mol. The molecule has 4 rings (SSSR count). The topological polar surface area (TPSA) is 80.3 Å². The molecule has 0 unspecified atom stereocenters. The number of amides is 3. The van der Waals surface area contributed by atoms with Crippen LogP contribution in [0.4, 0.5) is 10.5 Å². The normalized spacial score (nSPS) is 11.9. The molecule has 0 spiro atoms. The van der Waals surface area contributed by atoms with Crippen molar-refractivity contribution in [2.24, 2.45) is 0 Å². The number of rotatable bonds is 9. The second-order valence-electron chi connectivity index (χ2n) is 8.40. The first-order chi connectivity index (χ1) is 16.9. The van der Waals surface area contributed by atoms with Gasteiger partial charge in [-0.25, -0.2) is 4.79 Å². The number of fused-ring (bicyclic) bond motifs is 1. The Morgan fingerprint density at radius 2 is 1.89 bits per heavy atom. The van der Waals surface area contributed by atoms with Crippen LogP contribution in [0.1, 0.15) is 24.3 Å². The van der Waals surface area contributed by atoms with Gasteiger partial charge in [0.15, 0.2) is 11.5 Å². The quantitative estimate of drug-likeness (QED) is 0.454. The number of nitrogens with zero attached hydrogens (tertiary/aromatic N) is 2. The van der Waals surface area contributed by atoms with Gasteiger partial charge < -0.3 is 29.3 Å². The van der Waals surface area contributed by atoms with Gasteiger partial charge in [-0.05, 0) is 55.1 Å². The van der Waals surface area contributed by atoms with E-state index in [0.29, 0.717) is 36.0 Å². The zero-order chi connectivity index (χ0) is 24.8. The predicted octanol–water partition coefficient (Wildman–Crippen LogP) is 4.96. The summed E-state index contributed by atoms with van der Waals surface area (Å²) in [5, 5.41) is 4.86. The Morgan fingerprint density at radius 1 is 1.06 bits per heavy atom. The number of methoxy groups -OCH3 is 1. The summed E-state index contributed by atoms with van der Waals surface area (Å²) in [5.74, 6) is 1.86. The molecule has 3 amide bonds. The van der Waals surface area contributed by atoms with Crippen LogP contribution in [0, 0.1) is 0 Å².